The molecule has 0 rings (SSSR count). The maximum absolute atomic E-state index is 11.0. The second-order valence-corrected chi connectivity index (χ2v) is 2.68. The molecule has 74 valence electrons. The van der Waals surface area contributed by atoms with E-state index in [4.69, 9.17) is 10.2 Å². The summed E-state index contributed by atoms with van der Waals surface area (Å²) in [4.78, 5) is 22.5. The van der Waals surface area contributed by atoms with Crippen molar-refractivity contribution in [2.24, 2.45) is 0 Å². The van der Waals surface area contributed by atoms with Crippen LogP contribution in [0.5, 0.6) is 0 Å². The Morgan fingerprint density at radius 3 is 2.23 bits per heavy atom. The zero-order valence-electron chi connectivity index (χ0n) is 7.60. The fourth-order valence-electron chi connectivity index (χ4n) is 0.977. The molecule has 2 N–H and O–H groups in total. The molecule has 0 aromatic carbocycles. The lowest BCUT2D eigenvalue weighted by Crippen LogP contribution is -2.48. The Bertz CT molecular complexity index is 224. The first-order valence-electron chi connectivity index (χ1n) is 3.72. The summed E-state index contributed by atoms with van der Waals surface area (Å²) in [6.07, 6.45) is -0.121. The number of hydrogen-bond donors (Lipinski definition) is 2. The summed E-state index contributed by atoms with van der Waals surface area (Å²) in [5, 5.41) is 17.8. The molecule has 13 heavy (non-hydrogen) atoms. The number of nitrogens with zero attached hydrogens (tertiary/aromatic N) is 1. The third kappa shape index (κ3) is 2.87. The van der Waals surface area contributed by atoms with Crippen LogP contribution in [0.15, 0.2) is 12.7 Å². The molecule has 0 aliphatic heterocycles. The Morgan fingerprint density at radius 1 is 1.54 bits per heavy atom. The average Bonchev–Trinajstić information content (AvgIpc) is 2.01. The highest BCUT2D eigenvalue weighted by Crippen LogP contribution is 2.03. The van der Waals surface area contributed by atoms with Crippen molar-refractivity contribution >= 4 is 11.9 Å². The van der Waals surface area contributed by atoms with Crippen molar-refractivity contribution in [2.75, 3.05) is 7.05 Å². The first-order valence-corrected chi connectivity index (χ1v) is 3.72. The van der Waals surface area contributed by atoms with Crippen molar-refractivity contribution in [3.05, 3.63) is 12.7 Å². The molecule has 0 saturated heterocycles. The fraction of sp³-hybridized carbons (Fsp3) is 0.500. The minimum Gasteiger partial charge on any atom is -0.480 e. The molecular formula is C8H13NO4. The summed E-state index contributed by atoms with van der Waals surface area (Å²) >= 11 is 0. The van der Waals surface area contributed by atoms with Gasteiger partial charge in [-0.2, -0.15) is 0 Å². The van der Waals surface area contributed by atoms with Crippen LogP contribution in [0.2, 0.25) is 0 Å². The van der Waals surface area contributed by atoms with Gasteiger partial charge >= 0.3 is 5.97 Å². The van der Waals surface area contributed by atoms with E-state index in [1.807, 2.05) is 0 Å². The summed E-state index contributed by atoms with van der Waals surface area (Å²) < 4.78 is 0. The van der Waals surface area contributed by atoms with Crippen LogP contribution in [0.1, 0.15) is 6.92 Å². The standard InChI is InChI=1S/C8H13NO4/c1-4-6(11)9(3)7(5(2)10)8(12)13/h4-5,7,10H,1H2,2-3H3,(H,12,13)/t5-,7+/m1/s1. The van der Waals surface area contributed by atoms with Crippen molar-refractivity contribution in [3.63, 3.8) is 0 Å². The third-order valence-corrected chi connectivity index (χ3v) is 1.65. The molecular weight excluding hydrogens is 174 g/mol. The van der Waals surface area contributed by atoms with Crippen LogP contribution in [0, 0.1) is 0 Å². The van der Waals surface area contributed by atoms with Crippen molar-refractivity contribution < 1.29 is 19.8 Å². The Balaban J connectivity index is 4.64. The molecule has 2 atom stereocenters. The van der Waals surface area contributed by atoms with E-state index >= 15 is 0 Å². The SMILES string of the molecule is C=CC(=O)N(C)[C@H](C(=O)O)[C@@H](C)O. The number of carboxylic acids is 1. The molecule has 1 amide bonds. The monoisotopic (exact) mass is 187 g/mol. The molecule has 0 aliphatic carbocycles. The van der Waals surface area contributed by atoms with Crippen LogP contribution in [-0.4, -0.2) is 46.2 Å². The second-order valence-electron chi connectivity index (χ2n) is 2.68. The van der Waals surface area contributed by atoms with Crippen LogP contribution in [0.3, 0.4) is 0 Å². The smallest absolute Gasteiger partial charge is 0.329 e. The predicted molar refractivity (Wildman–Crippen MR) is 46.1 cm³/mol. The largest absolute Gasteiger partial charge is 0.480 e. The molecule has 0 saturated carbocycles. The minimum absolute atomic E-state index is 0.534. The highest BCUT2D eigenvalue weighted by Gasteiger charge is 2.29. The lowest BCUT2D eigenvalue weighted by molar-refractivity contribution is -0.151. The van der Waals surface area contributed by atoms with Gasteiger partial charge in [-0.3, -0.25) is 4.79 Å². The Hall–Kier alpha value is -1.36. The Kier molecular flexibility index (Phi) is 4.13. The molecule has 0 aromatic heterocycles. The van der Waals surface area contributed by atoms with Crippen LogP contribution < -0.4 is 0 Å². The van der Waals surface area contributed by atoms with Crippen molar-refractivity contribution in [1.29, 1.82) is 0 Å². The minimum atomic E-state index is -1.24. The van der Waals surface area contributed by atoms with Gasteiger partial charge in [-0.05, 0) is 13.0 Å². The highest BCUT2D eigenvalue weighted by molar-refractivity contribution is 5.90. The first kappa shape index (κ1) is 11.6. The van der Waals surface area contributed by atoms with Crippen LogP contribution in [0.4, 0.5) is 0 Å². The average molecular weight is 187 g/mol. The van der Waals surface area contributed by atoms with Crippen molar-refractivity contribution in [1.82, 2.24) is 4.90 Å². The van der Waals surface area contributed by atoms with Gasteiger partial charge in [0.25, 0.3) is 0 Å². The number of rotatable bonds is 4. The number of hydrogen-bond acceptors (Lipinski definition) is 3. The number of aliphatic carboxylic acids is 1. The molecule has 0 heterocycles. The van der Waals surface area contributed by atoms with E-state index in [1.165, 1.54) is 14.0 Å². The Morgan fingerprint density at radius 2 is 2.00 bits per heavy atom. The zero-order chi connectivity index (χ0) is 10.6. The van der Waals surface area contributed by atoms with Crippen molar-refractivity contribution in [3.8, 4) is 0 Å². The van der Waals surface area contributed by atoms with Crippen LogP contribution >= 0.6 is 0 Å². The van der Waals surface area contributed by atoms with Gasteiger partial charge in [-0.1, -0.05) is 6.58 Å². The summed E-state index contributed by atoms with van der Waals surface area (Å²) in [5.41, 5.74) is 0. The van der Waals surface area contributed by atoms with Gasteiger partial charge in [0.05, 0.1) is 6.10 Å². The molecule has 0 spiro atoms. The topological polar surface area (TPSA) is 77.8 Å². The van der Waals surface area contributed by atoms with E-state index in [1.54, 1.807) is 0 Å². The van der Waals surface area contributed by atoms with Crippen molar-refractivity contribution in [2.45, 2.75) is 19.1 Å². The Labute approximate surface area is 76.3 Å². The number of aliphatic hydroxyl groups excluding tert-OH is 1. The van der Waals surface area contributed by atoms with Crippen LogP contribution in [-0.2, 0) is 9.59 Å². The molecule has 0 radical (unpaired) electrons. The summed E-state index contributed by atoms with van der Waals surface area (Å²) in [6, 6.07) is -1.23. The van der Waals surface area contributed by atoms with E-state index in [-0.39, 0.29) is 0 Å². The normalized spacial score (nSPS) is 14.4. The van der Waals surface area contributed by atoms with E-state index in [0.717, 1.165) is 11.0 Å². The number of aliphatic hydroxyl groups is 1. The molecule has 0 fully saturated rings. The number of carbonyl (C=O) groups is 2. The van der Waals surface area contributed by atoms with Gasteiger partial charge in [-0.25, -0.2) is 4.79 Å². The predicted octanol–water partition coefficient (Wildman–Crippen LogP) is -0.535. The van der Waals surface area contributed by atoms with E-state index < -0.39 is 24.0 Å². The van der Waals surface area contributed by atoms with E-state index in [0.29, 0.717) is 0 Å². The second kappa shape index (κ2) is 4.61. The van der Waals surface area contributed by atoms with Gasteiger partial charge in [0.15, 0.2) is 6.04 Å². The van der Waals surface area contributed by atoms with Gasteiger partial charge < -0.3 is 15.1 Å². The molecule has 5 nitrogen and oxygen atoms in total. The number of carbonyl (C=O) groups excluding carboxylic acids is 1. The zero-order valence-corrected chi connectivity index (χ0v) is 7.60. The van der Waals surface area contributed by atoms with Gasteiger partial charge in [0.2, 0.25) is 5.91 Å². The maximum atomic E-state index is 11.0. The van der Waals surface area contributed by atoms with Gasteiger partial charge in [-0.15, -0.1) is 0 Å². The van der Waals surface area contributed by atoms with Crippen LogP contribution in [0.25, 0.3) is 0 Å². The first-order chi connectivity index (χ1) is 5.91. The molecule has 0 bridgehead atoms. The molecule has 5 heteroatoms. The van der Waals surface area contributed by atoms with Gasteiger partial charge in [0.1, 0.15) is 0 Å². The lowest BCUT2D eigenvalue weighted by atomic mass is 10.1. The summed E-state index contributed by atoms with van der Waals surface area (Å²) in [6.45, 7) is 4.53. The number of amides is 1. The maximum Gasteiger partial charge on any atom is 0.329 e. The number of likely N-dealkylation sites (N-methyl/N-ethyl adjacent to an activating group) is 1. The van der Waals surface area contributed by atoms with E-state index in [9.17, 15) is 9.59 Å². The molecule has 0 unspecified atom stereocenters. The quantitative estimate of drug-likeness (QED) is 0.580. The highest BCUT2D eigenvalue weighted by atomic mass is 16.4. The third-order valence-electron chi connectivity index (χ3n) is 1.65. The summed E-state index contributed by atoms with van der Waals surface area (Å²) in [5.74, 6) is -1.78. The lowest BCUT2D eigenvalue weighted by Gasteiger charge is -2.25. The van der Waals surface area contributed by atoms with Gasteiger partial charge in [0, 0.05) is 7.05 Å². The summed E-state index contributed by atoms with van der Waals surface area (Å²) in [7, 11) is 1.30. The molecule has 0 aromatic rings. The molecule has 0 aliphatic rings. The van der Waals surface area contributed by atoms with E-state index in [2.05, 4.69) is 6.58 Å². The fourth-order valence-corrected chi connectivity index (χ4v) is 0.977. The number of carboxylic acid groups (broad SMARTS) is 1.